The molecule has 0 radical (unpaired) electrons. The molecule has 0 fully saturated rings. The minimum Gasteiger partial charge on any atom is -0.475 e. The molecule has 0 aliphatic rings. The van der Waals surface area contributed by atoms with E-state index in [1.54, 1.807) is 0 Å². The number of aromatic carboxylic acids is 1. The number of hydrogen-bond acceptors (Lipinski definition) is 4. The second kappa shape index (κ2) is 3.63. The minimum absolute atomic E-state index is 0.0713. The Morgan fingerprint density at radius 1 is 1.64 bits per heavy atom. The van der Waals surface area contributed by atoms with Crippen molar-refractivity contribution >= 4 is 12.3 Å². The molecule has 2 N–H and O–H groups in total. The van der Waals surface area contributed by atoms with Crippen molar-refractivity contribution in [3.63, 3.8) is 0 Å². The summed E-state index contributed by atoms with van der Waals surface area (Å²) >= 11 is 0. The zero-order valence-corrected chi connectivity index (χ0v) is 7.56. The molecule has 0 aromatic carbocycles. The molecule has 1 heterocycles. The smallest absolute Gasteiger partial charge is 0.371 e. The van der Waals surface area contributed by atoms with Crippen molar-refractivity contribution in [2.45, 2.75) is 18.9 Å². The average molecular weight is 198 g/mol. The highest BCUT2D eigenvalue weighted by molar-refractivity contribution is 5.84. The highest BCUT2D eigenvalue weighted by atomic mass is 16.4. The van der Waals surface area contributed by atoms with E-state index >= 15 is 0 Å². The molecule has 1 unspecified atom stereocenters. The van der Waals surface area contributed by atoms with E-state index in [2.05, 4.69) is 0 Å². The van der Waals surface area contributed by atoms with E-state index in [0.717, 1.165) is 0 Å². The first-order valence-electron chi connectivity index (χ1n) is 3.97. The second-order valence-electron chi connectivity index (χ2n) is 3.11. The van der Waals surface area contributed by atoms with Gasteiger partial charge in [0.15, 0.2) is 0 Å². The Morgan fingerprint density at radius 2 is 2.29 bits per heavy atom. The largest absolute Gasteiger partial charge is 0.475 e. The summed E-state index contributed by atoms with van der Waals surface area (Å²) < 4.78 is 4.85. The van der Waals surface area contributed by atoms with E-state index in [0.29, 0.717) is 6.29 Å². The molecule has 1 aromatic heterocycles. The second-order valence-corrected chi connectivity index (χ2v) is 3.11. The molecule has 0 amide bonds. The summed E-state index contributed by atoms with van der Waals surface area (Å²) in [7, 11) is 0. The number of carboxylic acid groups (broad SMARTS) is 1. The fraction of sp³-hybridized carbons (Fsp3) is 0.333. The number of furan rings is 1. The van der Waals surface area contributed by atoms with Crippen molar-refractivity contribution in [3.05, 3.63) is 23.7 Å². The van der Waals surface area contributed by atoms with E-state index in [4.69, 9.17) is 9.52 Å². The molecule has 5 nitrogen and oxygen atoms in total. The Balaban J connectivity index is 2.96. The molecular formula is C9H10O5. The molecule has 1 aromatic rings. The molecule has 5 heteroatoms. The average Bonchev–Trinajstić information content (AvgIpc) is 2.51. The molecular weight excluding hydrogens is 188 g/mol. The topological polar surface area (TPSA) is 87.7 Å². The summed E-state index contributed by atoms with van der Waals surface area (Å²) in [6.45, 7) is 1.38. The van der Waals surface area contributed by atoms with Gasteiger partial charge in [-0.15, -0.1) is 0 Å². The highest BCUT2D eigenvalue weighted by Gasteiger charge is 2.27. The van der Waals surface area contributed by atoms with Crippen LogP contribution < -0.4 is 0 Å². The fourth-order valence-electron chi connectivity index (χ4n) is 1.01. The zero-order chi connectivity index (χ0) is 10.8. The first kappa shape index (κ1) is 10.5. The zero-order valence-electron chi connectivity index (χ0n) is 7.56. The summed E-state index contributed by atoms with van der Waals surface area (Å²) in [6, 6.07) is 2.57. The molecule has 0 saturated carbocycles. The van der Waals surface area contributed by atoms with Gasteiger partial charge in [0, 0.05) is 6.42 Å². The van der Waals surface area contributed by atoms with Gasteiger partial charge in [0.1, 0.15) is 17.6 Å². The number of carboxylic acids is 1. The summed E-state index contributed by atoms with van der Waals surface area (Å²) in [4.78, 5) is 20.7. The van der Waals surface area contributed by atoms with Gasteiger partial charge in [0.05, 0.1) is 0 Å². The Kier molecular flexibility index (Phi) is 2.71. The molecule has 14 heavy (non-hydrogen) atoms. The number of carbonyl (C=O) groups excluding carboxylic acids is 1. The van der Waals surface area contributed by atoms with Crippen molar-refractivity contribution in [2.24, 2.45) is 0 Å². The summed E-state index contributed by atoms with van der Waals surface area (Å²) in [5.74, 6) is -1.40. The SMILES string of the molecule is CC(O)(CC=O)c1ccc(C(=O)O)o1. The van der Waals surface area contributed by atoms with Crippen LogP contribution >= 0.6 is 0 Å². The van der Waals surface area contributed by atoms with Gasteiger partial charge in [-0.1, -0.05) is 0 Å². The van der Waals surface area contributed by atoms with Crippen LogP contribution in [0.3, 0.4) is 0 Å². The van der Waals surface area contributed by atoms with Crippen LogP contribution in [0, 0.1) is 0 Å². The van der Waals surface area contributed by atoms with E-state index in [9.17, 15) is 14.7 Å². The van der Waals surface area contributed by atoms with Gasteiger partial charge >= 0.3 is 5.97 Å². The quantitative estimate of drug-likeness (QED) is 0.698. The minimum atomic E-state index is -1.45. The molecule has 1 rings (SSSR count). The maximum atomic E-state index is 10.5. The van der Waals surface area contributed by atoms with Gasteiger partial charge in [-0.25, -0.2) is 4.79 Å². The predicted molar refractivity (Wildman–Crippen MR) is 45.9 cm³/mol. The molecule has 0 spiro atoms. The van der Waals surface area contributed by atoms with Crippen LogP contribution in [0.15, 0.2) is 16.5 Å². The normalized spacial score (nSPS) is 14.7. The number of hydrogen-bond donors (Lipinski definition) is 2. The van der Waals surface area contributed by atoms with Crippen molar-refractivity contribution in [2.75, 3.05) is 0 Å². The van der Waals surface area contributed by atoms with Gasteiger partial charge < -0.3 is 19.4 Å². The van der Waals surface area contributed by atoms with Gasteiger partial charge in [-0.3, -0.25) is 0 Å². The van der Waals surface area contributed by atoms with Gasteiger partial charge in [-0.2, -0.15) is 0 Å². The van der Waals surface area contributed by atoms with E-state index in [1.165, 1.54) is 19.1 Å². The standard InChI is InChI=1S/C9H10O5/c1-9(13,4-5-10)7-3-2-6(14-7)8(11)12/h2-3,5,13H,4H2,1H3,(H,11,12). The van der Waals surface area contributed by atoms with Crippen LogP contribution in [0.4, 0.5) is 0 Å². The molecule has 0 saturated heterocycles. The van der Waals surface area contributed by atoms with Crippen molar-refractivity contribution in [1.82, 2.24) is 0 Å². The highest BCUT2D eigenvalue weighted by Crippen LogP contribution is 2.25. The van der Waals surface area contributed by atoms with Crippen molar-refractivity contribution in [3.8, 4) is 0 Å². The Labute approximate surface area is 80.0 Å². The van der Waals surface area contributed by atoms with Gasteiger partial charge in [0.2, 0.25) is 5.76 Å². The Hall–Kier alpha value is -1.62. The fourth-order valence-corrected chi connectivity index (χ4v) is 1.01. The lowest BCUT2D eigenvalue weighted by atomic mass is 10.0. The summed E-state index contributed by atoms with van der Waals surface area (Å²) in [5, 5.41) is 18.2. The third-order valence-corrected chi connectivity index (χ3v) is 1.83. The summed E-state index contributed by atoms with van der Waals surface area (Å²) in [6.07, 6.45) is 0.405. The first-order chi connectivity index (χ1) is 6.47. The first-order valence-corrected chi connectivity index (χ1v) is 3.97. The molecule has 76 valence electrons. The van der Waals surface area contributed by atoms with Crippen LogP contribution in [0.5, 0.6) is 0 Å². The van der Waals surface area contributed by atoms with Crippen LogP contribution in [0.1, 0.15) is 29.7 Å². The maximum Gasteiger partial charge on any atom is 0.371 e. The van der Waals surface area contributed by atoms with E-state index in [-0.39, 0.29) is 17.9 Å². The lowest BCUT2D eigenvalue weighted by Crippen LogP contribution is -2.20. The third-order valence-electron chi connectivity index (χ3n) is 1.83. The molecule has 0 aliphatic carbocycles. The van der Waals surface area contributed by atoms with E-state index < -0.39 is 11.6 Å². The number of rotatable bonds is 4. The molecule has 1 atom stereocenters. The van der Waals surface area contributed by atoms with E-state index in [1.807, 2.05) is 0 Å². The number of aliphatic hydroxyl groups is 1. The predicted octanol–water partition coefficient (Wildman–Crippen LogP) is 0.774. The van der Waals surface area contributed by atoms with Gasteiger partial charge in [0.25, 0.3) is 0 Å². The van der Waals surface area contributed by atoms with Crippen molar-refractivity contribution < 1.29 is 24.2 Å². The van der Waals surface area contributed by atoms with Gasteiger partial charge in [-0.05, 0) is 19.1 Å². The molecule has 0 aliphatic heterocycles. The Morgan fingerprint density at radius 3 is 2.71 bits per heavy atom. The number of aldehydes is 1. The van der Waals surface area contributed by atoms with Crippen LogP contribution in [0.2, 0.25) is 0 Å². The van der Waals surface area contributed by atoms with Crippen LogP contribution in [-0.2, 0) is 10.4 Å². The summed E-state index contributed by atoms with van der Waals surface area (Å²) in [5.41, 5.74) is -1.45. The Bertz CT molecular complexity index is 350. The lowest BCUT2D eigenvalue weighted by Gasteiger charge is -2.16. The lowest BCUT2D eigenvalue weighted by molar-refractivity contribution is -0.112. The maximum absolute atomic E-state index is 10.5. The monoisotopic (exact) mass is 198 g/mol. The van der Waals surface area contributed by atoms with Crippen molar-refractivity contribution in [1.29, 1.82) is 0 Å². The molecule has 0 bridgehead atoms. The van der Waals surface area contributed by atoms with Crippen LogP contribution in [-0.4, -0.2) is 22.5 Å². The number of carbonyl (C=O) groups is 2. The van der Waals surface area contributed by atoms with Crippen LogP contribution in [0.25, 0.3) is 0 Å². The third kappa shape index (κ3) is 2.00.